The first-order chi connectivity index (χ1) is 10.6. The molecule has 0 saturated heterocycles. The summed E-state index contributed by atoms with van der Waals surface area (Å²) in [6.07, 6.45) is 2.43. The third kappa shape index (κ3) is 4.61. The van der Waals surface area contributed by atoms with Gasteiger partial charge in [-0.3, -0.25) is 0 Å². The van der Waals surface area contributed by atoms with Crippen LogP contribution in [-0.2, 0) is 6.54 Å². The first kappa shape index (κ1) is 18.1. The Morgan fingerprint density at radius 2 is 1.83 bits per heavy atom. The molecule has 23 heavy (non-hydrogen) atoms. The van der Waals surface area contributed by atoms with Crippen LogP contribution in [0.3, 0.4) is 0 Å². The number of nitrogens with two attached hydrogens (primary N) is 1. The molecule has 0 spiro atoms. The molecule has 1 aliphatic rings. The number of rotatable bonds is 4. The van der Waals surface area contributed by atoms with Crippen LogP contribution in [0.25, 0.3) is 11.1 Å². The van der Waals surface area contributed by atoms with E-state index in [1.165, 1.54) is 18.4 Å². The lowest BCUT2D eigenvalue weighted by Crippen LogP contribution is -2.35. The maximum Gasteiger partial charge on any atom is 0.191 e. The fraction of sp³-hybridized carbons (Fsp3) is 0.278. The van der Waals surface area contributed by atoms with Gasteiger partial charge in [0, 0.05) is 18.1 Å². The monoisotopic (exact) mass is 441 g/mol. The molecule has 122 valence electrons. The average Bonchev–Trinajstić information content (AvgIpc) is 3.38. The fourth-order valence-electron chi connectivity index (χ4n) is 2.50. The Morgan fingerprint density at radius 3 is 2.48 bits per heavy atom. The lowest BCUT2D eigenvalue weighted by Gasteiger charge is -2.17. The van der Waals surface area contributed by atoms with Crippen molar-refractivity contribution in [2.45, 2.75) is 25.4 Å². The maximum absolute atomic E-state index is 6.07. The molecule has 0 unspecified atom stereocenters. The number of aliphatic imine (C=N–C) groups is 1. The second-order valence-electron chi connectivity index (χ2n) is 5.68. The van der Waals surface area contributed by atoms with Gasteiger partial charge in [0.15, 0.2) is 5.96 Å². The van der Waals surface area contributed by atoms with Gasteiger partial charge < -0.3 is 10.6 Å². The first-order valence-corrected chi connectivity index (χ1v) is 7.89. The highest BCUT2D eigenvalue weighted by Crippen LogP contribution is 2.27. The van der Waals surface area contributed by atoms with Gasteiger partial charge in [-0.15, -0.1) is 24.0 Å². The number of nitrogens with zero attached hydrogens (tertiary/aromatic N) is 2. The van der Waals surface area contributed by atoms with Gasteiger partial charge in [0.25, 0.3) is 0 Å². The quantitative estimate of drug-likeness (QED) is 0.430. The molecule has 1 aliphatic carbocycles. The van der Waals surface area contributed by atoms with Gasteiger partial charge in [-0.05, 0) is 41.7 Å². The van der Waals surface area contributed by atoms with E-state index < -0.39 is 0 Å². The van der Waals surface area contributed by atoms with E-state index in [0.717, 1.165) is 16.1 Å². The Balaban J connectivity index is 0.00000192. The molecule has 1 fully saturated rings. The Hall–Kier alpha value is -1.27. The largest absolute Gasteiger partial charge is 0.370 e. The van der Waals surface area contributed by atoms with E-state index in [4.69, 9.17) is 17.3 Å². The zero-order chi connectivity index (χ0) is 15.5. The Kier molecular flexibility index (Phi) is 6.30. The maximum atomic E-state index is 6.07. The van der Waals surface area contributed by atoms with Crippen molar-refractivity contribution in [1.82, 2.24) is 4.90 Å². The van der Waals surface area contributed by atoms with Gasteiger partial charge in [0.05, 0.1) is 6.54 Å². The van der Waals surface area contributed by atoms with E-state index in [9.17, 15) is 0 Å². The summed E-state index contributed by atoms with van der Waals surface area (Å²) >= 11 is 5.97. The second kappa shape index (κ2) is 8.02. The summed E-state index contributed by atoms with van der Waals surface area (Å²) in [4.78, 5) is 6.63. The summed E-state index contributed by atoms with van der Waals surface area (Å²) in [5.74, 6) is 0.619. The molecule has 0 radical (unpaired) electrons. The smallest absolute Gasteiger partial charge is 0.191 e. The third-order valence-corrected chi connectivity index (χ3v) is 4.29. The van der Waals surface area contributed by atoms with Gasteiger partial charge in [0.1, 0.15) is 0 Å². The third-order valence-electron chi connectivity index (χ3n) is 4.04. The number of halogens is 2. The molecule has 0 amide bonds. The van der Waals surface area contributed by atoms with E-state index in [2.05, 4.69) is 22.0 Å². The molecule has 0 heterocycles. The second-order valence-corrected chi connectivity index (χ2v) is 6.12. The highest BCUT2D eigenvalue weighted by atomic mass is 127. The molecule has 3 rings (SSSR count). The van der Waals surface area contributed by atoms with E-state index in [1.807, 2.05) is 43.4 Å². The van der Waals surface area contributed by atoms with E-state index in [-0.39, 0.29) is 24.0 Å². The average molecular weight is 442 g/mol. The van der Waals surface area contributed by atoms with Crippen LogP contribution in [0.5, 0.6) is 0 Å². The molecular weight excluding hydrogens is 421 g/mol. The molecule has 3 nitrogen and oxygen atoms in total. The van der Waals surface area contributed by atoms with Gasteiger partial charge in [0.2, 0.25) is 0 Å². The number of hydrogen-bond acceptors (Lipinski definition) is 1. The van der Waals surface area contributed by atoms with Crippen LogP contribution in [0.4, 0.5) is 0 Å². The molecule has 1 saturated carbocycles. The van der Waals surface area contributed by atoms with Crippen molar-refractivity contribution < 1.29 is 0 Å². The molecule has 0 aliphatic heterocycles. The SMILES string of the molecule is CN(C(N)=NCc1ccccc1-c1ccc(Cl)cc1)C1CC1.I. The lowest BCUT2D eigenvalue weighted by molar-refractivity contribution is 0.487. The van der Waals surface area contributed by atoms with Crippen molar-refractivity contribution in [2.75, 3.05) is 7.05 Å². The van der Waals surface area contributed by atoms with Gasteiger partial charge >= 0.3 is 0 Å². The van der Waals surface area contributed by atoms with Crippen LogP contribution in [0.15, 0.2) is 53.5 Å². The lowest BCUT2D eigenvalue weighted by atomic mass is 10.00. The van der Waals surface area contributed by atoms with Gasteiger partial charge in [-0.25, -0.2) is 4.99 Å². The number of guanidine groups is 1. The van der Waals surface area contributed by atoms with Crippen molar-refractivity contribution in [1.29, 1.82) is 0 Å². The fourth-order valence-corrected chi connectivity index (χ4v) is 2.62. The summed E-state index contributed by atoms with van der Waals surface area (Å²) in [6, 6.07) is 16.7. The first-order valence-electron chi connectivity index (χ1n) is 7.52. The molecule has 0 atom stereocenters. The van der Waals surface area contributed by atoms with Crippen molar-refractivity contribution >= 4 is 41.5 Å². The minimum atomic E-state index is 0. The van der Waals surface area contributed by atoms with Crippen molar-refractivity contribution in [3.05, 3.63) is 59.1 Å². The molecule has 2 aromatic carbocycles. The molecule has 0 bridgehead atoms. The summed E-state index contributed by atoms with van der Waals surface area (Å²) in [6.45, 7) is 0.585. The minimum Gasteiger partial charge on any atom is -0.370 e. The van der Waals surface area contributed by atoms with Crippen LogP contribution in [-0.4, -0.2) is 23.9 Å². The summed E-state index contributed by atoms with van der Waals surface area (Å²) < 4.78 is 0. The van der Waals surface area contributed by atoms with Crippen LogP contribution in [0.2, 0.25) is 5.02 Å². The zero-order valence-electron chi connectivity index (χ0n) is 13.1. The Morgan fingerprint density at radius 1 is 1.17 bits per heavy atom. The zero-order valence-corrected chi connectivity index (χ0v) is 16.2. The van der Waals surface area contributed by atoms with Crippen LogP contribution in [0, 0.1) is 0 Å². The van der Waals surface area contributed by atoms with Gasteiger partial charge in [-0.1, -0.05) is 48.0 Å². The van der Waals surface area contributed by atoms with Crippen LogP contribution in [0.1, 0.15) is 18.4 Å². The van der Waals surface area contributed by atoms with Crippen molar-refractivity contribution in [2.24, 2.45) is 10.7 Å². The Bertz CT molecular complexity index is 681. The molecule has 0 aromatic heterocycles. The van der Waals surface area contributed by atoms with Crippen LogP contribution >= 0.6 is 35.6 Å². The van der Waals surface area contributed by atoms with Crippen molar-refractivity contribution in [3.63, 3.8) is 0 Å². The van der Waals surface area contributed by atoms with Crippen molar-refractivity contribution in [3.8, 4) is 11.1 Å². The summed E-state index contributed by atoms with van der Waals surface area (Å²) in [5.41, 5.74) is 9.55. The highest BCUT2D eigenvalue weighted by Gasteiger charge is 2.27. The summed E-state index contributed by atoms with van der Waals surface area (Å²) in [7, 11) is 2.02. The minimum absolute atomic E-state index is 0. The molecule has 2 aromatic rings. The van der Waals surface area contributed by atoms with E-state index >= 15 is 0 Å². The van der Waals surface area contributed by atoms with E-state index in [1.54, 1.807) is 0 Å². The Labute approximate surface area is 159 Å². The predicted molar refractivity (Wildman–Crippen MR) is 108 cm³/mol. The molecular formula is C18H21ClIN3. The number of benzene rings is 2. The van der Waals surface area contributed by atoms with E-state index in [0.29, 0.717) is 18.5 Å². The molecule has 5 heteroatoms. The molecule has 2 N–H and O–H groups in total. The normalized spacial score (nSPS) is 14.3. The highest BCUT2D eigenvalue weighted by molar-refractivity contribution is 14.0. The van der Waals surface area contributed by atoms with Gasteiger partial charge in [-0.2, -0.15) is 0 Å². The predicted octanol–water partition coefficient (Wildman–Crippen LogP) is 4.53. The number of hydrogen-bond donors (Lipinski definition) is 1. The topological polar surface area (TPSA) is 41.6 Å². The van der Waals surface area contributed by atoms with Crippen LogP contribution < -0.4 is 5.73 Å². The standard InChI is InChI=1S/C18H20ClN3.HI/c1-22(16-10-11-16)18(20)21-12-14-4-2-3-5-17(14)13-6-8-15(19)9-7-13;/h2-9,16H,10-12H2,1H3,(H2,20,21);1H. The summed E-state index contributed by atoms with van der Waals surface area (Å²) in [5, 5.41) is 0.745.